The molecular formula is C18H38O2Si. The van der Waals surface area contributed by atoms with Crippen molar-refractivity contribution in [3.63, 3.8) is 0 Å². The van der Waals surface area contributed by atoms with E-state index in [4.69, 9.17) is 9.16 Å². The van der Waals surface area contributed by atoms with E-state index in [-0.39, 0.29) is 0 Å². The van der Waals surface area contributed by atoms with Crippen LogP contribution in [0.15, 0.2) is 12.8 Å². The van der Waals surface area contributed by atoms with Gasteiger partial charge in [0.15, 0.2) is 8.32 Å². The topological polar surface area (TPSA) is 18.5 Å². The lowest BCUT2D eigenvalue weighted by Gasteiger charge is -2.32. The van der Waals surface area contributed by atoms with Crippen molar-refractivity contribution >= 4 is 8.32 Å². The molecule has 0 heterocycles. The zero-order valence-corrected chi connectivity index (χ0v) is 15.8. The molecule has 0 aliphatic heterocycles. The van der Waals surface area contributed by atoms with Crippen molar-refractivity contribution in [2.24, 2.45) is 0 Å². The summed E-state index contributed by atoms with van der Waals surface area (Å²) in [7, 11) is -1.49. The van der Waals surface area contributed by atoms with Gasteiger partial charge in [0, 0.05) is 6.61 Å². The summed E-state index contributed by atoms with van der Waals surface area (Å²) in [5.74, 6) is 0. The highest BCUT2D eigenvalue weighted by molar-refractivity contribution is 6.73. The highest BCUT2D eigenvalue weighted by Crippen LogP contribution is 2.29. The van der Waals surface area contributed by atoms with Crippen LogP contribution in [0, 0.1) is 0 Å². The summed E-state index contributed by atoms with van der Waals surface area (Å²) >= 11 is 0. The monoisotopic (exact) mass is 314 g/mol. The predicted molar refractivity (Wildman–Crippen MR) is 96.2 cm³/mol. The van der Waals surface area contributed by atoms with Crippen molar-refractivity contribution in [2.45, 2.75) is 90.3 Å². The van der Waals surface area contributed by atoms with Gasteiger partial charge in [-0.25, -0.2) is 0 Å². The third-order valence-corrected chi connectivity index (χ3v) is 8.75. The second kappa shape index (κ2) is 14.6. The van der Waals surface area contributed by atoms with Gasteiger partial charge in [-0.2, -0.15) is 0 Å². The summed E-state index contributed by atoms with van der Waals surface area (Å²) in [6.07, 6.45) is 11.6. The van der Waals surface area contributed by atoms with Crippen LogP contribution >= 0.6 is 0 Å². The molecule has 0 fully saturated rings. The lowest BCUT2D eigenvalue weighted by molar-refractivity contribution is 0.221. The minimum absolute atomic E-state index is 0.778. The molecule has 0 unspecified atom stereocenters. The van der Waals surface area contributed by atoms with Crippen LogP contribution in [0.3, 0.4) is 0 Å². The quantitative estimate of drug-likeness (QED) is 0.189. The molecule has 0 saturated heterocycles. The maximum atomic E-state index is 6.57. The predicted octanol–water partition coefficient (Wildman–Crippen LogP) is 6.29. The molecule has 0 atom stereocenters. The average molecular weight is 315 g/mol. The Bertz CT molecular complexity index is 209. The zero-order valence-electron chi connectivity index (χ0n) is 14.8. The van der Waals surface area contributed by atoms with Gasteiger partial charge in [0.2, 0.25) is 0 Å². The number of hydrogen-bond donors (Lipinski definition) is 0. The molecule has 0 aromatic heterocycles. The summed E-state index contributed by atoms with van der Waals surface area (Å²) in [5, 5.41) is 0. The van der Waals surface area contributed by atoms with E-state index in [2.05, 4.69) is 27.4 Å². The molecular weight excluding hydrogens is 276 g/mol. The lowest BCUT2D eigenvalue weighted by atomic mass is 10.3. The average Bonchev–Trinajstić information content (AvgIpc) is 2.51. The van der Waals surface area contributed by atoms with Gasteiger partial charge in [-0.1, -0.05) is 65.9 Å². The Labute approximate surface area is 134 Å². The molecule has 2 nitrogen and oxygen atoms in total. The maximum Gasteiger partial charge on any atom is 0.192 e. The molecule has 21 heavy (non-hydrogen) atoms. The third kappa shape index (κ3) is 11.0. The first kappa shape index (κ1) is 20.7. The molecule has 0 aliphatic carbocycles. The first-order valence-electron chi connectivity index (χ1n) is 9.11. The number of rotatable bonds is 16. The standard InChI is InChI=1S/C18H38O2Si/c1-5-9-16-21(17-10-6-2,18-11-7-3)20-15-13-12-14-19-8-4/h8H,4-7,9-18H2,1-3H3. The van der Waals surface area contributed by atoms with E-state index in [0.29, 0.717) is 0 Å². The largest absolute Gasteiger partial charge is 0.502 e. The molecule has 0 spiro atoms. The van der Waals surface area contributed by atoms with Gasteiger partial charge >= 0.3 is 0 Å². The van der Waals surface area contributed by atoms with Crippen LogP contribution in [-0.4, -0.2) is 21.5 Å². The van der Waals surface area contributed by atoms with E-state index in [9.17, 15) is 0 Å². The van der Waals surface area contributed by atoms with Gasteiger partial charge in [-0.05, 0) is 31.0 Å². The molecule has 0 radical (unpaired) electrons. The van der Waals surface area contributed by atoms with Gasteiger partial charge in [0.05, 0.1) is 12.9 Å². The van der Waals surface area contributed by atoms with Gasteiger partial charge < -0.3 is 9.16 Å². The molecule has 0 bridgehead atoms. The number of hydrogen-bond acceptors (Lipinski definition) is 2. The summed E-state index contributed by atoms with van der Waals surface area (Å²) < 4.78 is 11.8. The third-order valence-electron chi connectivity index (χ3n) is 4.14. The van der Waals surface area contributed by atoms with Crippen molar-refractivity contribution < 1.29 is 9.16 Å². The van der Waals surface area contributed by atoms with E-state index < -0.39 is 8.32 Å². The van der Waals surface area contributed by atoms with Gasteiger partial charge in [0.1, 0.15) is 0 Å². The fraction of sp³-hybridized carbons (Fsp3) is 0.889. The minimum Gasteiger partial charge on any atom is -0.502 e. The molecule has 0 amide bonds. The van der Waals surface area contributed by atoms with Crippen LogP contribution in [0.4, 0.5) is 0 Å². The first-order chi connectivity index (χ1) is 10.2. The number of unbranched alkanes of at least 4 members (excludes halogenated alkanes) is 4. The van der Waals surface area contributed by atoms with Crippen LogP contribution in [0.25, 0.3) is 0 Å². The highest BCUT2D eigenvalue weighted by atomic mass is 28.4. The van der Waals surface area contributed by atoms with Crippen molar-refractivity contribution in [3.8, 4) is 0 Å². The number of ether oxygens (including phenoxy) is 1. The summed E-state index contributed by atoms with van der Waals surface area (Å²) in [6, 6.07) is 4.10. The molecule has 0 rings (SSSR count). The van der Waals surface area contributed by atoms with Crippen LogP contribution in [0.5, 0.6) is 0 Å². The maximum absolute atomic E-state index is 6.57. The molecule has 0 N–H and O–H groups in total. The van der Waals surface area contributed by atoms with Crippen molar-refractivity contribution in [3.05, 3.63) is 12.8 Å². The second-order valence-electron chi connectivity index (χ2n) is 6.09. The molecule has 0 aromatic rings. The van der Waals surface area contributed by atoms with Crippen molar-refractivity contribution in [2.75, 3.05) is 13.2 Å². The highest BCUT2D eigenvalue weighted by Gasteiger charge is 2.32. The fourth-order valence-electron chi connectivity index (χ4n) is 2.75. The lowest BCUT2D eigenvalue weighted by Crippen LogP contribution is -2.38. The van der Waals surface area contributed by atoms with E-state index in [1.165, 1.54) is 62.9 Å². The summed E-state index contributed by atoms with van der Waals surface area (Å²) in [4.78, 5) is 0. The van der Waals surface area contributed by atoms with Crippen molar-refractivity contribution in [1.82, 2.24) is 0 Å². The Balaban J connectivity index is 4.30. The minimum atomic E-state index is -1.49. The Morgan fingerprint density at radius 1 is 0.762 bits per heavy atom. The zero-order chi connectivity index (χ0) is 15.8. The van der Waals surface area contributed by atoms with E-state index in [1.54, 1.807) is 0 Å². The molecule has 0 aliphatic rings. The van der Waals surface area contributed by atoms with E-state index in [0.717, 1.165) is 26.1 Å². The Hall–Kier alpha value is -0.283. The van der Waals surface area contributed by atoms with E-state index in [1.807, 2.05) is 0 Å². The Morgan fingerprint density at radius 3 is 1.67 bits per heavy atom. The first-order valence-corrected chi connectivity index (χ1v) is 11.6. The van der Waals surface area contributed by atoms with Gasteiger partial charge in [-0.15, -0.1) is 0 Å². The molecule has 0 saturated carbocycles. The summed E-state index contributed by atoms with van der Waals surface area (Å²) in [5.41, 5.74) is 0. The summed E-state index contributed by atoms with van der Waals surface area (Å²) in [6.45, 7) is 12.2. The van der Waals surface area contributed by atoms with Gasteiger partial charge in [-0.3, -0.25) is 0 Å². The second-order valence-corrected chi connectivity index (χ2v) is 10.2. The van der Waals surface area contributed by atoms with Crippen LogP contribution in [0.2, 0.25) is 18.1 Å². The van der Waals surface area contributed by atoms with Gasteiger partial charge in [0.25, 0.3) is 0 Å². The van der Waals surface area contributed by atoms with E-state index >= 15 is 0 Å². The molecule has 3 heteroatoms. The normalized spacial score (nSPS) is 11.6. The SMILES string of the molecule is C=COCCCCO[Si](CCCC)(CCCC)CCCC. The Kier molecular flexibility index (Phi) is 14.4. The molecule has 0 aromatic carbocycles. The molecule has 126 valence electrons. The van der Waals surface area contributed by atoms with Crippen LogP contribution in [-0.2, 0) is 9.16 Å². The van der Waals surface area contributed by atoms with Crippen molar-refractivity contribution in [1.29, 1.82) is 0 Å². The smallest absolute Gasteiger partial charge is 0.192 e. The van der Waals surface area contributed by atoms with Crippen LogP contribution in [0.1, 0.15) is 72.1 Å². The fourth-order valence-corrected chi connectivity index (χ4v) is 7.50. The van der Waals surface area contributed by atoms with Crippen LogP contribution < -0.4 is 0 Å². The Morgan fingerprint density at radius 2 is 1.24 bits per heavy atom.